The zero-order valence-electron chi connectivity index (χ0n) is 15.1. The molecular formula is C23H20N2OS. The van der Waals surface area contributed by atoms with E-state index < -0.39 is 0 Å². The van der Waals surface area contributed by atoms with Crippen LogP contribution in [0.4, 0.5) is 0 Å². The number of ether oxygens (including phenoxy) is 1. The van der Waals surface area contributed by atoms with E-state index in [1.54, 1.807) is 11.8 Å². The normalized spacial score (nSPS) is 10.9. The molecule has 134 valence electrons. The molecular weight excluding hydrogens is 352 g/mol. The maximum absolute atomic E-state index is 5.48. The molecule has 0 unspecified atom stereocenters. The lowest BCUT2D eigenvalue weighted by molar-refractivity contribution is 0.340. The summed E-state index contributed by atoms with van der Waals surface area (Å²) in [6.45, 7) is 2.65. The summed E-state index contributed by atoms with van der Waals surface area (Å²) in [5, 5.41) is 12.3. The minimum absolute atomic E-state index is 0.668. The maximum Gasteiger partial charge on any atom is 0.119 e. The first-order valence-electron chi connectivity index (χ1n) is 9.00. The summed E-state index contributed by atoms with van der Waals surface area (Å²) in [5.41, 5.74) is 3.22. The average molecular weight is 372 g/mol. The number of fused-ring (bicyclic) bond motifs is 1. The molecule has 4 aromatic rings. The molecule has 0 saturated heterocycles. The van der Waals surface area contributed by atoms with Gasteiger partial charge in [0.1, 0.15) is 10.8 Å². The van der Waals surface area contributed by atoms with E-state index in [1.807, 2.05) is 43.3 Å². The summed E-state index contributed by atoms with van der Waals surface area (Å²) in [4.78, 5) is 0. The molecule has 0 saturated carbocycles. The monoisotopic (exact) mass is 372 g/mol. The van der Waals surface area contributed by atoms with Crippen LogP contribution in [-0.4, -0.2) is 16.8 Å². The number of thioether (sulfide) groups is 1. The van der Waals surface area contributed by atoms with E-state index in [2.05, 4.69) is 52.7 Å². The van der Waals surface area contributed by atoms with Gasteiger partial charge in [0.15, 0.2) is 0 Å². The fourth-order valence-electron chi connectivity index (χ4n) is 3.01. The van der Waals surface area contributed by atoms with Gasteiger partial charge in [-0.2, -0.15) is 0 Å². The zero-order chi connectivity index (χ0) is 18.5. The number of hydrogen-bond acceptors (Lipinski definition) is 4. The van der Waals surface area contributed by atoms with E-state index in [4.69, 9.17) is 4.74 Å². The quantitative estimate of drug-likeness (QED) is 0.390. The van der Waals surface area contributed by atoms with E-state index in [1.165, 1.54) is 16.3 Å². The van der Waals surface area contributed by atoms with E-state index in [-0.39, 0.29) is 0 Å². The summed E-state index contributed by atoms with van der Waals surface area (Å²) >= 11 is 1.71. The first-order valence-corrected chi connectivity index (χ1v) is 9.98. The molecule has 0 bridgehead atoms. The van der Waals surface area contributed by atoms with Crippen molar-refractivity contribution < 1.29 is 4.74 Å². The Kier molecular flexibility index (Phi) is 5.35. The van der Waals surface area contributed by atoms with Gasteiger partial charge in [-0.25, -0.2) is 0 Å². The van der Waals surface area contributed by atoms with Crippen molar-refractivity contribution in [3.8, 4) is 17.0 Å². The van der Waals surface area contributed by atoms with Gasteiger partial charge in [0, 0.05) is 11.3 Å². The van der Waals surface area contributed by atoms with Gasteiger partial charge in [0.05, 0.1) is 12.3 Å². The first-order chi connectivity index (χ1) is 13.3. The Bertz CT molecular complexity index is 1020. The molecule has 27 heavy (non-hydrogen) atoms. The van der Waals surface area contributed by atoms with Gasteiger partial charge in [0.2, 0.25) is 0 Å². The summed E-state index contributed by atoms with van der Waals surface area (Å²) in [5.74, 6) is 1.75. The smallest absolute Gasteiger partial charge is 0.119 e. The number of hydrogen-bond donors (Lipinski definition) is 0. The second-order valence-electron chi connectivity index (χ2n) is 6.14. The Morgan fingerprint density at radius 2 is 1.63 bits per heavy atom. The molecule has 0 fully saturated rings. The molecule has 0 atom stereocenters. The second-order valence-corrected chi connectivity index (χ2v) is 7.14. The second kappa shape index (κ2) is 8.23. The molecule has 0 aliphatic rings. The largest absolute Gasteiger partial charge is 0.494 e. The average Bonchev–Trinajstić information content (AvgIpc) is 2.73. The lowest BCUT2D eigenvalue weighted by atomic mass is 10.1. The zero-order valence-corrected chi connectivity index (χ0v) is 15.9. The lowest BCUT2D eigenvalue weighted by Gasteiger charge is -2.07. The number of nitrogens with zero attached hydrogens (tertiary/aromatic N) is 2. The number of rotatable bonds is 6. The predicted molar refractivity (Wildman–Crippen MR) is 112 cm³/mol. The highest BCUT2D eigenvalue weighted by molar-refractivity contribution is 7.98. The Morgan fingerprint density at radius 1 is 0.815 bits per heavy atom. The van der Waals surface area contributed by atoms with Crippen LogP contribution < -0.4 is 4.74 Å². The van der Waals surface area contributed by atoms with Gasteiger partial charge >= 0.3 is 0 Å². The lowest BCUT2D eigenvalue weighted by Crippen LogP contribution is -1.92. The van der Waals surface area contributed by atoms with Crippen LogP contribution in [-0.2, 0) is 5.75 Å². The SMILES string of the molecule is CCOc1ccc(-c2ccc(SCc3cccc4ccccc34)nn2)cc1. The van der Waals surface area contributed by atoms with E-state index >= 15 is 0 Å². The molecule has 0 aliphatic heterocycles. The third-order valence-electron chi connectivity index (χ3n) is 4.36. The third kappa shape index (κ3) is 4.12. The minimum atomic E-state index is 0.668. The van der Waals surface area contributed by atoms with Crippen LogP contribution >= 0.6 is 11.8 Å². The predicted octanol–water partition coefficient (Wildman–Crippen LogP) is 5.99. The molecule has 3 aromatic carbocycles. The Hall–Kier alpha value is -2.85. The Morgan fingerprint density at radius 3 is 2.41 bits per heavy atom. The van der Waals surface area contributed by atoms with Gasteiger partial charge in [-0.3, -0.25) is 0 Å². The molecule has 4 heteroatoms. The summed E-state index contributed by atoms with van der Waals surface area (Å²) < 4.78 is 5.48. The summed E-state index contributed by atoms with van der Waals surface area (Å²) in [6, 6.07) is 26.9. The minimum Gasteiger partial charge on any atom is -0.494 e. The Labute approximate surface area is 163 Å². The van der Waals surface area contributed by atoms with Crippen molar-refractivity contribution >= 4 is 22.5 Å². The van der Waals surface area contributed by atoms with Crippen LogP contribution in [0.15, 0.2) is 83.9 Å². The van der Waals surface area contributed by atoms with Crippen LogP contribution in [0.1, 0.15) is 12.5 Å². The molecule has 0 spiro atoms. The third-order valence-corrected chi connectivity index (χ3v) is 5.33. The fourth-order valence-corrected chi connectivity index (χ4v) is 3.83. The molecule has 4 rings (SSSR count). The van der Waals surface area contributed by atoms with Crippen molar-refractivity contribution in [2.45, 2.75) is 17.7 Å². The molecule has 1 heterocycles. The fraction of sp³-hybridized carbons (Fsp3) is 0.130. The van der Waals surface area contributed by atoms with Crippen molar-refractivity contribution in [1.29, 1.82) is 0 Å². The first kappa shape index (κ1) is 17.6. The van der Waals surface area contributed by atoms with Gasteiger partial charge in [-0.05, 0) is 59.7 Å². The number of aromatic nitrogens is 2. The van der Waals surface area contributed by atoms with Gasteiger partial charge in [-0.15, -0.1) is 10.2 Å². The van der Waals surface area contributed by atoms with Crippen LogP contribution in [0.5, 0.6) is 5.75 Å². The highest BCUT2D eigenvalue weighted by Gasteiger charge is 2.05. The molecule has 3 nitrogen and oxygen atoms in total. The van der Waals surface area contributed by atoms with Crippen molar-refractivity contribution in [3.63, 3.8) is 0 Å². The van der Waals surface area contributed by atoms with E-state index in [0.717, 1.165) is 27.8 Å². The van der Waals surface area contributed by atoms with E-state index in [9.17, 15) is 0 Å². The van der Waals surface area contributed by atoms with Crippen molar-refractivity contribution in [1.82, 2.24) is 10.2 Å². The maximum atomic E-state index is 5.48. The molecule has 0 N–H and O–H groups in total. The van der Waals surface area contributed by atoms with Crippen LogP contribution in [0, 0.1) is 0 Å². The standard InChI is InChI=1S/C23H20N2OS/c1-2-26-20-12-10-18(11-13-20)22-14-15-23(25-24-22)27-16-19-8-5-7-17-6-3-4-9-21(17)19/h3-15H,2,16H2,1H3. The van der Waals surface area contributed by atoms with Crippen LogP contribution in [0.3, 0.4) is 0 Å². The van der Waals surface area contributed by atoms with Gasteiger partial charge in [0.25, 0.3) is 0 Å². The van der Waals surface area contributed by atoms with Gasteiger partial charge < -0.3 is 4.74 Å². The summed E-state index contributed by atoms with van der Waals surface area (Å²) in [6.07, 6.45) is 0. The van der Waals surface area contributed by atoms with E-state index in [0.29, 0.717) is 6.61 Å². The van der Waals surface area contributed by atoms with Crippen LogP contribution in [0.2, 0.25) is 0 Å². The van der Waals surface area contributed by atoms with Crippen molar-refractivity contribution in [2.24, 2.45) is 0 Å². The highest BCUT2D eigenvalue weighted by atomic mass is 32.2. The molecule has 1 aromatic heterocycles. The topological polar surface area (TPSA) is 35.0 Å². The molecule has 0 amide bonds. The molecule has 0 aliphatic carbocycles. The van der Waals surface area contributed by atoms with Gasteiger partial charge in [-0.1, -0.05) is 54.2 Å². The highest BCUT2D eigenvalue weighted by Crippen LogP contribution is 2.27. The van der Waals surface area contributed by atoms with Crippen LogP contribution in [0.25, 0.3) is 22.0 Å². The Balaban J connectivity index is 1.46. The van der Waals surface area contributed by atoms with Crippen molar-refractivity contribution in [2.75, 3.05) is 6.61 Å². The number of benzene rings is 3. The van der Waals surface area contributed by atoms with Crippen molar-refractivity contribution in [3.05, 3.63) is 84.4 Å². The molecule has 0 radical (unpaired) electrons. The summed E-state index contributed by atoms with van der Waals surface area (Å²) in [7, 11) is 0.